The molecular formula is C36H38FN3O4S. The minimum Gasteiger partial charge on any atom is -0.361 e. The summed E-state index contributed by atoms with van der Waals surface area (Å²) in [5.41, 5.74) is 4.93. The standard InChI is InChI=1S/C26H30FN3O.C10H8O3S/c1-3-4-5-14-30-15-12-19(13-16-30)24-18-28-25-11-10-22(17-23(24)25)29(2)26(31)20-6-8-21(27)9-7-20;11-14(12,13)10-7-3-5-8-4-1-2-6-9(8)10/h6-12,17-18,28H,3-5,13-16H2,1-2H3;1-7H,(H,11,12,13). The van der Waals surface area contributed by atoms with Crippen molar-refractivity contribution < 1.29 is 22.2 Å². The summed E-state index contributed by atoms with van der Waals surface area (Å²) in [7, 11) is -2.37. The lowest BCUT2D eigenvalue weighted by Gasteiger charge is -2.26. The number of hydrogen-bond donors (Lipinski definition) is 2. The number of amides is 1. The van der Waals surface area contributed by atoms with E-state index in [1.165, 1.54) is 67.3 Å². The second kappa shape index (κ2) is 14.2. The van der Waals surface area contributed by atoms with E-state index >= 15 is 0 Å². The Labute approximate surface area is 263 Å². The van der Waals surface area contributed by atoms with Crippen LogP contribution in [0.2, 0.25) is 0 Å². The van der Waals surface area contributed by atoms with Crippen LogP contribution < -0.4 is 4.90 Å². The molecule has 1 aromatic heterocycles. The quantitative estimate of drug-likeness (QED) is 0.135. The van der Waals surface area contributed by atoms with E-state index in [0.717, 1.165) is 41.5 Å². The van der Waals surface area contributed by atoms with Crippen molar-refractivity contribution in [3.8, 4) is 0 Å². The predicted octanol–water partition coefficient (Wildman–Crippen LogP) is 7.95. The number of fused-ring (bicyclic) bond motifs is 2. The number of anilines is 1. The summed E-state index contributed by atoms with van der Waals surface area (Å²) in [6.07, 6.45) is 9.28. The van der Waals surface area contributed by atoms with Gasteiger partial charge in [-0.1, -0.05) is 62.2 Å². The maximum absolute atomic E-state index is 13.2. The summed E-state index contributed by atoms with van der Waals surface area (Å²) < 4.78 is 44.2. The number of aromatic nitrogens is 1. The van der Waals surface area contributed by atoms with Gasteiger partial charge in [-0.2, -0.15) is 8.42 Å². The third-order valence-electron chi connectivity index (χ3n) is 8.19. The minimum absolute atomic E-state index is 0.0457. The smallest absolute Gasteiger partial charge is 0.295 e. The molecule has 7 nitrogen and oxygen atoms in total. The van der Waals surface area contributed by atoms with Crippen molar-refractivity contribution in [1.82, 2.24) is 9.88 Å². The lowest BCUT2D eigenvalue weighted by molar-refractivity contribution is 0.0993. The van der Waals surface area contributed by atoms with Crippen molar-refractivity contribution >= 4 is 49.0 Å². The minimum atomic E-state index is -4.13. The van der Waals surface area contributed by atoms with Crippen LogP contribution in [0.5, 0.6) is 0 Å². The third-order valence-corrected chi connectivity index (χ3v) is 9.10. The molecule has 4 aromatic carbocycles. The van der Waals surface area contributed by atoms with Gasteiger partial charge in [0.2, 0.25) is 0 Å². The number of unbranched alkanes of at least 4 members (excludes halogenated alkanes) is 2. The Morgan fingerprint density at radius 1 is 0.978 bits per heavy atom. The number of aromatic amines is 1. The van der Waals surface area contributed by atoms with Crippen LogP contribution in [-0.2, 0) is 10.1 Å². The van der Waals surface area contributed by atoms with Crippen LogP contribution in [0.3, 0.4) is 0 Å². The molecule has 0 fully saturated rings. The second-order valence-corrected chi connectivity index (χ2v) is 12.6. The van der Waals surface area contributed by atoms with E-state index in [1.54, 1.807) is 42.3 Å². The van der Waals surface area contributed by atoms with E-state index in [-0.39, 0.29) is 16.6 Å². The van der Waals surface area contributed by atoms with Crippen LogP contribution in [0.1, 0.15) is 48.5 Å². The molecular weight excluding hydrogens is 589 g/mol. The second-order valence-electron chi connectivity index (χ2n) is 11.2. The number of hydrogen-bond acceptors (Lipinski definition) is 4. The fourth-order valence-electron chi connectivity index (χ4n) is 5.65. The van der Waals surface area contributed by atoms with Crippen LogP contribution >= 0.6 is 0 Å². The van der Waals surface area contributed by atoms with Gasteiger partial charge in [-0.3, -0.25) is 14.2 Å². The van der Waals surface area contributed by atoms with Gasteiger partial charge >= 0.3 is 0 Å². The van der Waals surface area contributed by atoms with Crippen molar-refractivity contribution in [1.29, 1.82) is 0 Å². The number of rotatable bonds is 8. The zero-order valence-electron chi connectivity index (χ0n) is 25.5. The van der Waals surface area contributed by atoms with Crippen LogP contribution in [0.25, 0.3) is 27.2 Å². The molecule has 0 saturated carbocycles. The number of nitrogens with zero attached hydrogens (tertiary/aromatic N) is 2. The van der Waals surface area contributed by atoms with E-state index < -0.39 is 10.1 Å². The molecule has 0 atom stereocenters. The van der Waals surface area contributed by atoms with Gasteiger partial charge in [0.1, 0.15) is 10.7 Å². The molecule has 9 heteroatoms. The summed E-state index contributed by atoms with van der Waals surface area (Å²) >= 11 is 0. The fourth-order valence-corrected chi connectivity index (χ4v) is 6.37. The molecule has 0 aliphatic carbocycles. The molecule has 1 aliphatic rings. The van der Waals surface area contributed by atoms with Crippen LogP contribution in [0.15, 0.2) is 102 Å². The Bertz CT molecular complexity index is 1930. The van der Waals surface area contributed by atoms with Gasteiger partial charge in [-0.05, 0) is 78.9 Å². The molecule has 45 heavy (non-hydrogen) atoms. The summed E-state index contributed by atoms with van der Waals surface area (Å²) in [6.45, 7) is 5.50. The zero-order chi connectivity index (χ0) is 32.0. The number of halogens is 1. The average molecular weight is 628 g/mol. The number of H-pyrrole nitrogens is 1. The first kappa shape index (κ1) is 32.1. The summed E-state index contributed by atoms with van der Waals surface area (Å²) in [4.78, 5) is 20.3. The van der Waals surface area contributed by atoms with Gasteiger partial charge in [0.25, 0.3) is 16.0 Å². The monoisotopic (exact) mass is 627 g/mol. The maximum Gasteiger partial charge on any atom is 0.295 e. The number of nitrogens with one attached hydrogen (secondary N) is 1. The molecule has 2 heterocycles. The Morgan fingerprint density at radius 3 is 2.44 bits per heavy atom. The normalized spacial score (nSPS) is 13.7. The van der Waals surface area contributed by atoms with Crippen molar-refractivity contribution in [2.24, 2.45) is 0 Å². The number of carbonyl (C=O) groups excluding carboxylic acids is 1. The van der Waals surface area contributed by atoms with Crippen molar-refractivity contribution in [2.45, 2.75) is 37.5 Å². The van der Waals surface area contributed by atoms with E-state index in [2.05, 4.69) is 35.1 Å². The molecule has 2 N–H and O–H groups in total. The van der Waals surface area contributed by atoms with E-state index in [9.17, 15) is 17.6 Å². The molecule has 6 rings (SSSR count). The van der Waals surface area contributed by atoms with Gasteiger partial charge in [-0.15, -0.1) is 0 Å². The topological polar surface area (TPSA) is 93.7 Å². The van der Waals surface area contributed by atoms with Crippen molar-refractivity contribution in [3.05, 3.63) is 114 Å². The highest BCUT2D eigenvalue weighted by Gasteiger charge is 2.18. The first-order valence-electron chi connectivity index (χ1n) is 15.2. The Balaban J connectivity index is 0.000000238. The molecule has 1 amide bonds. The zero-order valence-corrected chi connectivity index (χ0v) is 26.4. The lowest BCUT2D eigenvalue weighted by Crippen LogP contribution is -2.29. The molecule has 234 valence electrons. The van der Waals surface area contributed by atoms with Gasteiger partial charge in [0, 0.05) is 59.4 Å². The predicted molar refractivity (Wildman–Crippen MR) is 180 cm³/mol. The Hall–Kier alpha value is -4.31. The van der Waals surface area contributed by atoms with Crippen LogP contribution in [0, 0.1) is 5.82 Å². The first-order valence-corrected chi connectivity index (χ1v) is 16.6. The van der Waals surface area contributed by atoms with Crippen LogP contribution in [0.4, 0.5) is 10.1 Å². The van der Waals surface area contributed by atoms with Gasteiger partial charge in [0.05, 0.1) is 0 Å². The SMILES string of the molecule is CCCCCN1CC=C(c2c[nH]c3ccc(N(C)C(=O)c4ccc(F)cc4)cc23)CC1.O=S(=O)(O)c1cccc2ccccc12. The van der Waals surface area contributed by atoms with Crippen molar-refractivity contribution in [2.75, 3.05) is 31.6 Å². The summed E-state index contributed by atoms with van der Waals surface area (Å²) in [5.74, 6) is -0.502. The fraction of sp³-hybridized carbons (Fsp3) is 0.250. The Kier molecular flexibility index (Phi) is 10.1. The van der Waals surface area contributed by atoms with E-state index in [0.29, 0.717) is 10.9 Å². The summed E-state index contributed by atoms with van der Waals surface area (Å²) in [6, 6.07) is 23.5. The van der Waals surface area contributed by atoms with Gasteiger partial charge in [-0.25, -0.2) is 4.39 Å². The molecule has 0 radical (unpaired) electrons. The summed E-state index contributed by atoms with van der Waals surface area (Å²) in [5, 5.41) is 2.46. The number of carbonyl (C=O) groups is 1. The third kappa shape index (κ3) is 7.68. The van der Waals surface area contributed by atoms with Crippen LogP contribution in [-0.4, -0.2) is 55.4 Å². The van der Waals surface area contributed by atoms with Gasteiger partial charge in [0.15, 0.2) is 0 Å². The molecule has 5 aromatic rings. The molecule has 0 spiro atoms. The van der Waals surface area contributed by atoms with E-state index in [1.807, 2.05) is 18.2 Å². The molecule has 0 unspecified atom stereocenters. The maximum atomic E-state index is 13.2. The highest BCUT2D eigenvalue weighted by atomic mass is 32.2. The molecule has 0 saturated heterocycles. The highest BCUT2D eigenvalue weighted by Crippen LogP contribution is 2.32. The molecule has 0 bridgehead atoms. The first-order chi connectivity index (χ1) is 21.7. The lowest BCUT2D eigenvalue weighted by atomic mass is 9.98. The van der Waals surface area contributed by atoms with Crippen molar-refractivity contribution in [3.63, 3.8) is 0 Å². The highest BCUT2D eigenvalue weighted by molar-refractivity contribution is 7.86. The largest absolute Gasteiger partial charge is 0.361 e. The number of benzene rings is 4. The molecule has 1 aliphatic heterocycles. The van der Waals surface area contributed by atoms with Gasteiger partial charge < -0.3 is 9.88 Å². The average Bonchev–Trinajstić information content (AvgIpc) is 3.48. The van der Waals surface area contributed by atoms with E-state index in [4.69, 9.17) is 4.55 Å². The Morgan fingerprint density at radius 2 is 1.73 bits per heavy atom.